The maximum atomic E-state index is 13.6. The number of benzene rings is 1. The van der Waals surface area contributed by atoms with Crippen LogP contribution < -0.4 is 5.32 Å². The Morgan fingerprint density at radius 2 is 2.27 bits per heavy atom. The van der Waals surface area contributed by atoms with Gasteiger partial charge in [-0.3, -0.25) is 0 Å². The smallest absolute Gasteiger partial charge is 0.128 e. The molecule has 0 saturated heterocycles. The third-order valence-corrected chi connectivity index (χ3v) is 3.52. The molecule has 0 aliphatic carbocycles. The Bertz CT molecular complexity index is 375. The van der Waals surface area contributed by atoms with Crippen molar-refractivity contribution >= 4 is 5.69 Å². The van der Waals surface area contributed by atoms with E-state index in [4.69, 9.17) is 0 Å². The minimum atomic E-state index is -0.0781. The van der Waals surface area contributed by atoms with Crippen LogP contribution >= 0.6 is 0 Å². The van der Waals surface area contributed by atoms with Gasteiger partial charge in [-0.05, 0) is 37.8 Å². The minimum Gasteiger partial charge on any atom is -0.380 e. The van der Waals surface area contributed by atoms with Crippen molar-refractivity contribution in [2.45, 2.75) is 45.1 Å². The van der Waals surface area contributed by atoms with Crippen LogP contribution in [0.1, 0.15) is 45.1 Å². The molecular weight excluding hydrogens is 189 g/mol. The lowest BCUT2D eigenvalue weighted by Crippen LogP contribution is -2.39. The lowest BCUT2D eigenvalue weighted by Gasteiger charge is -2.39. The van der Waals surface area contributed by atoms with Crippen LogP contribution in [0.3, 0.4) is 0 Å². The molecule has 82 valence electrons. The summed E-state index contributed by atoms with van der Waals surface area (Å²) in [6.45, 7) is 6.48. The van der Waals surface area contributed by atoms with Gasteiger partial charge in [0, 0.05) is 16.8 Å². The zero-order chi connectivity index (χ0) is 11.1. The highest BCUT2D eigenvalue weighted by atomic mass is 19.1. The van der Waals surface area contributed by atoms with Crippen molar-refractivity contribution in [1.29, 1.82) is 0 Å². The Hall–Kier alpha value is -1.05. The fourth-order valence-corrected chi connectivity index (χ4v) is 2.53. The second-order valence-electron chi connectivity index (χ2n) is 4.85. The summed E-state index contributed by atoms with van der Waals surface area (Å²) in [5.74, 6) is 0.220. The summed E-state index contributed by atoms with van der Waals surface area (Å²) >= 11 is 0. The van der Waals surface area contributed by atoms with Crippen molar-refractivity contribution in [3.05, 3.63) is 29.6 Å². The van der Waals surface area contributed by atoms with Crippen molar-refractivity contribution in [3.8, 4) is 0 Å². The highest BCUT2D eigenvalue weighted by Crippen LogP contribution is 2.41. The summed E-state index contributed by atoms with van der Waals surface area (Å²) in [4.78, 5) is 0. The SMILES string of the molecule is CCC1(C)CC(C)c2c(F)cccc2N1. The second kappa shape index (κ2) is 3.51. The molecule has 1 N–H and O–H groups in total. The third-order valence-electron chi connectivity index (χ3n) is 3.52. The molecule has 15 heavy (non-hydrogen) atoms. The highest BCUT2D eigenvalue weighted by Gasteiger charge is 2.32. The molecule has 0 radical (unpaired) electrons. The standard InChI is InChI=1S/C13H18FN/c1-4-13(3)8-9(2)12-10(14)6-5-7-11(12)15-13/h5-7,9,15H,4,8H2,1-3H3. The van der Waals surface area contributed by atoms with Gasteiger partial charge in [0.1, 0.15) is 5.82 Å². The zero-order valence-electron chi connectivity index (χ0n) is 9.60. The van der Waals surface area contributed by atoms with Crippen LogP contribution in [0.4, 0.5) is 10.1 Å². The zero-order valence-corrected chi connectivity index (χ0v) is 9.60. The van der Waals surface area contributed by atoms with Crippen LogP contribution in [0.25, 0.3) is 0 Å². The molecule has 0 spiro atoms. The lowest BCUT2D eigenvalue weighted by molar-refractivity contribution is 0.398. The number of nitrogens with one attached hydrogen (secondary N) is 1. The maximum absolute atomic E-state index is 13.6. The van der Waals surface area contributed by atoms with Gasteiger partial charge in [0.15, 0.2) is 0 Å². The van der Waals surface area contributed by atoms with E-state index in [2.05, 4.69) is 26.1 Å². The summed E-state index contributed by atoms with van der Waals surface area (Å²) in [6.07, 6.45) is 2.06. The largest absolute Gasteiger partial charge is 0.380 e. The van der Waals surface area contributed by atoms with Crippen molar-refractivity contribution < 1.29 is 4.39 Å². The van der Waals surface area contributed by atoms with E-state index in [-0.39, 0.29) is 11.4 Å². The number of anilines is 1. The monoisotopic (exact) mass is 207 g/mol. The summed E-state index contributed by atoms with van der Waals surface area (Å²) in [7, 11) is 0. The minimum absolute atomic E-state index is 0.0781. The van der Waals surface area contributed by atoms with E-state index in [1.807, 2.05) is 6.07 Å². The summed E-state index contributed by atoms with van der Waals surface area (Å²) in [6, 6.07) is 5.29. The molecular formula is C13H18FN. The first-order valence-electron chi connectivity index (χ1n) is 5.62. The molecule has 0 saturated carbocycles. The average Bonchev–Trinajstić information content (AvgIpc) is 2.17. The van der Waals surface area contributed by atoms with Gasteiger partial charge in [-0.1, -0.05) is 19.9 Å². The maximum Gasteiger partial charge on any atom is 0.128 e. The number of halogens is 1. The highest BCUT2D eigenvalue weighted by molar-refractivity contribution is 5.57. The van der Waals surface area contributed by atoms with Crippen molar-refractivity contribution in [2.75, 3.05) is 5.32 Å². The van der Waals surface area contributed by atoms with Crippen LogP contribution in [-0.2, 0) is 0 Å². The fraction of sp³-hybridized carbons (Fsp3) is 0.538. The van der Waals surface area contributed by atoms with Crippen molar-refractivity contribution in [2.24, 2.45) is 0 Å². The van der Waals surface area contributed by atoms with Gasteiger partial charge in [0.2, 0.25) is 0 Å². The predicted molar refractivity (Wildman–Crippen MR) is 61.8 cm³/mol. The lowest BCUT2D eigenvalue weighted by atomic mass is 9.79. The first kappa shape index (κ1) is 10.5. The summed E-state index contributed by atoms with van der Waals surface area (Å²) < 4.78 is 13.6. The molecule has 2 atom stereocenters. The van der Waals surface area contributed by atoms with Crippen LogP contribution in [0, 0.1) is 5.82 Å². The van der Waals surface area contributed by atoms with Gasteiger partial charge in [-0.2, -0.15) is 0 Å². The van der Waals surface area contributed by atoms with Crippen LogP contribution in [0.15, 0.2) is 18.2 Å². The summed E-state index contributed by atoms with van der Waals surface area (Å²) in [5.41, 5.74) is 1.93. The number of hydrogen-bond acceptors (Lipinski definition) is 1. The number of rotatable bonds is 1. The Kier molecular flexibility index (Phi) is 2.45. The van der Waals surface area contributed by atoms with Gasteiger partial charge in [-0.25, -0.2) is 4.39 Å². The number of hydrogen-bond donors (Lipinski definition) is 1. The van der Waals surface area contributed by atoms with E-state index < -0.39 is 0 Å². The van der Waals surface area contributed by atoms with E-state index in [0.29, 0.717) is 5.92 Å². The Labute approximate surface area is 90.7 Å². The molecule has 2 rings (SSSR count). The van der Waals surface area contributed by atoms with Crippen molar-refractivity contribution in [3.63, 3.8) is 0 Å². The molecule has 1 heterocycles. The molecule has 1 aliphatic heterocycles. The fourth-order valence-electron chi connectivity index (χ4n) is 2.53. The van der Waals surface area contributed by atoms with Gasteiger partial charge in [0.25, 0.3) is 0 Å². The van der Waals surface area contributed by atoms with Gasteiger partial charge >= 0.3 is 0 Å². The van der Waals surface area contributed by atoms with E-state index in [1.165, 1.54) is 0 Å². The Morgan fingerprint density at radius 1 is 1.53 bits per heavy atom. The van der Waals surface area contributed by atoms with Crippen LogP contribution in [0.2, 0.25) is 0 Å². The first-order chi connectivity index (χ1) is 7.06. The molecule has 1 aliphatic rings. The second-order valence-corrected chi connectivity index (χ2v) is 4.85. The molecule has 1 nitrogen and oxygen atoms in total. The molecule has 1 aromatic carbocycles. The Balaban J connectivity index is 2.45. The van der Waals surface area contributed by atoms with Gasteiger partial charge in [-0.15, -0.1) is 0 Å². The normalized spacial score (nSPS) is 29.5. The van der Waals surface area contributed by atoms with E-state index >= 15 is 0 Å². The topological polar surface area (TPSA) is 12.0 Å². The quantitative estimate of drug-likeness (QED) is 0.736. The van der Waals surface area contributed by atoms with Crippen LogP contribution in [-0.4, -0.2) is 5.54 Å². The van der Waals surface area contributed by atoms with Crippen molar-refractivity contribution in [1.82, 2.24) is 0 Å². The molecule has 2 heteroatoms. The molecule has 0 aromatic heterocycles. The van der Waals surface area contributed by atoms with E-state index in [0.717, 1.165) is 24.1 Å². The van der Waals surface area contributed by atoms with E-state index in [9.17, 15) is 4.39 Å². The Morgan fingerprint density at radius 3 is 2.93 bits per heavy atom. The van der Waals surface area contributed by atoms with Gasteiger partial charge in [0.05, 0.1) is 0 Å². The third kappa shape index (κ3) is 1.73. The first-order valence-corrected chi connectivity index (χ1v) is 5.62. The molecule has 0 amide bonds. The number of fused-ring (bicyclic) bond motifs is 1. The van der Waals surface area contributed by atoms with E-state index in [1.54, 1.807) is 12.1 Å². The summed E-state index contributed by atoms with van der Waals surface area (Å²) in [5, 5.41) is 3.45. The van der Waals surface area contributed by atoms with Gasteiger partial charge < -0.3 is 5.32 Å². The molecule has 0 fully saturated rings. The molecule has 1 aromatic rings. The molecule has 0 bridgehead atoms. The molecule has 2 unspecified atom stereocenters. The average molecular weight is 207 g/mol. The predicted octanol–water partition coefficient (Wildman–Crippen LogP) is 3.91. The van der Waals surface area contributed by atoms with Crippen LogP contribution in [0.5, 0.6) is 0 Å².